The molecule has 3 N–H and O–H groups in total. The van der Waals surface area contributed by atoms with Crippen LogP contribution in [0, 0.1) is 11.8 Å². The van der Waals surface area contributed by atoms with Crippen molar-refractivity contribution in [1.82, 2.24) is 15.5 Å². The number of ether oxygens (including phenoxy) is 1. The highest BCUT2D eigenvalue weighted by Crippen LogP contribution is 2.21. The van der Waals surface area contributed by atoms with Gasteiger partial charge in [0.2, 0.25) is 17.7 Å². The SMILES string of the molecule is CCc1ccc(NC(=O)[C@@H](NC(=O)C2CCN(C(=O)[C@H](Cc3ccccc3)NC(=O)OC(C)(C)C)CC2)C(C)C)cc1. The van der Waals surface area contributed by atoms with E-state index in [1.54, 1.807) is 25.7 Å². The van der Waals surface area contributed by atoms with E-state index in [0.29, 0.717) is 38.0 Å². The number of aryl methyl sites for hydroxylation is 1. The van der Waals surface area contributed by atoms with E-state index in [9.17, 15) is 19.2 Å². The van der Waals surface area contributed by atoms with Crippen LogP contribution in [0.4, 0.5) is 10.5 Å². The van der Waals surface area contributed by atoms with Crippen LogP contribution >= 0.6 is 0 Å². The number of alkyl carbamates (subject to hydrolysis) is 1. The third kappa shape index (κ3) is 9.89. The molecule has 1 heterocycles. The summed E-state index contributed by atoms with van der Waals surface area (Å²) in [5, 5.41) is 8.62. The van der Waals surface area contributed by atoms with Crippen molar-refractivity contribution in [2.75, 3.05) is 18.4 Å². The summed E-state index contributed by atoms with van der Waals surface area (Å²) in [6, 6.07) is 15.7. The molecule has 3 rings (SSSR count). The molecule has 0 spiro atoms. The number of carbonyl (C=O) groups excluding carboxylic acids is 4. The average Bonchev–Trinajstić information content (AvgIpc) is 2.95. The first kappa shape index (κ1) is 32.6. The predicted octanol–water partition coefficient (Wildman–Crippen LogP) is 4.70. The number of benzene rings is 2. The smallest absolute Gasteiger partial charge is 0.408 e. The van der Waals surface area contributed by atoms with Crippen LogP contribution < -0.4 is 16.0 Å². The Bertz CT molecular complexity index is 1200. The summed E-state index contributed by atoms with van der Waals surface area (Å²) in [6.07, 6.45) is 1.52. The highest BCUT2D eigenvalue weighted by atomic mass is 16.6. The van der Waals surface area contributed by atoms with E-state index >= 15 is 0 Å². The second kappa shape index (κ2) is 14.8. The summed E-state index contributed by atoms with van der Waals surface area (Å²) >= 11 is 0. The largest absolute Gasteiger partial charge is 0.444 e. The Kier molecular flexibility index (Phi) is 11.5. The zero-order chi connectivity index (χ0) is 30.9. The van der Waals surface area contributed by atoms with Crippen molar-refractivity contribution < 1.29 is 23.9 Å². The van der Waals surface area contributed by atoms with Crippen LogP contribution in [0.1, 0.15) is 65.5 Å². The molecule has 2 aromatic carbocycles. The van der Waals surface area contributed by atoms with Gasteiger partial charge in [-0.25, -0.2) is 4.79 Å². The van der Waals surface area contributed by atoms with E-state index in [4.69, 9.17) is 4.74 Å². The molecule has 1 aliphatic heterocycles. The lowest BCUT2D eigenvalue weighted by molar-refractivity contribution is -0.138. The molecule has 1 aliphatic rings. The van der Waals surface area contributed by atoms with Gasteiger partial charge in [-0.05, 0) is 69.2 Å². The summed E-state index contributed by atoms with van der Waals surface area (Å²) in [4.78, 5) is 54.1. The monoisotopic (exact) mass is 578 g/mol. The molecule has 0 aromatic heterocycles. The van der Waals surface area contributed by atoms with Crippen LogP contribution in [-0.2, 0) is 32.0 Å². The van der Waals surface area contributed by atoms with Crippen LogP contribution in [0.3, 0.4) is 0 Å². The van der Waals surface area contributed by atoms with E-state index in [2.05, 4.69) is 22.9 Å². The van der Waals surface area contributed by atoms with Crippen LogP contribution in [0.5, 0.6) is 0 Å². The molecule has 1 saturated heterocycles. The summed E-state index contributed by atoms with van der Waals surface area (Å²) in [5.74, 6) is -1.09. The third-order valence-corrected chi connectivity index (χ3v) is 7.33. The maximum atomic E-state index is 13.6. The summed E-state index contributed by atoms with van der Waals surface area (Å²) in [7, 11) is 0. The molecular formula is C33H46N4O5. The number of likely N-dealkylation sites (tertiary alicyclic amines) is 1. The van der Waals surface area contributed by atoms with Crippen molar-refractivity contribution >= 4 is 29.5 Å². The second-order valence-corrected chi connectivity index (χ2v) is 12.3. The van der Waals surface area contributed by atoms with E-state index in [-0.39, 0.29) is 29.6 Å². The van der Waals surface area contributed by atoms with Gasteiger partial charge in [-0.15, -0.1) is 0 Å². The molecule has 0 unspecified atom stereocenters. The number of carbonyl (C=O) groups is 4. The second-order valence-electron chi connectivity index (χ2n) is 12.3. The van der Waals surface area contributed by atoms with Gasteiger partial charge in [0.1, 0.15) is 17.7 Å². The highest BCUT2D eigenvalue weighted by Gasteiger charge is 2.34. The van der Waals surface area contributed by atoms with Gasteiger partial charge < -0.3 is 25.6 Å². The van der Waals surface area contributed by atoms with Crippen molar-refractivity contribution in [3.63, 3.8) is 0 Å². The zero-order valence-corrected chi connectivity index (χ0v) is 25.7. The van der Waals surface area contributed by atoms with Crippen molar-refractivity contribution in [3.8, 4) is 0 Å². The third-order valence-electron chi connectivity index (χ3n) is 7.33. The lowest BCUT2D eigenvalue weighted by Crippen LogP contribution is -2.54. The minimum atomic E-state index is -0.798. The Balaban J connectivity index is 1.59. The Morgan fingerprint density at radius 2 is 1.52 bits per heavy atom. The Morgan fingerprint density at radius 1 is 0.905 bits per heavy atom. The van der Waals surface area contributed by atoms with E-state index in [1.807, 2.05) is 68.4 Å². The van der Waals surface area contributed by atoms with Gasteiger partial charge in [0, 0.05) is 31.1 Å². The van der Waals surface area contributed by atoms with Gasteiger partial charge in [0.05, 0.1) is 0 Å². The first-order chi connectivity index (χ1) is 19.9. The fraction of sp³-hybridized carbons (Fsp3) is 0.515. The fourth-order valence-electron chi connectivity index (χ4n) is 4.93. The van der Waals surface area contributed by atoms with Crippen molar-refractivity contribution in [2.45, 2.75) is 84.9 Å². The quantitative estimate of drug-likeness (QED) is 0.378. The Hall–Kier alpha value is -3.88. The van der Waals surface area contributed by atoms with E-state index < -0.39 is 23.8 Å². The number of piperidine rings is 1. The van der Waals surface area contributed by atoms with Crippen molar-refractivity contribution in [3.05, 3.63) is 65.7 Å². The van der Waals surface area contributed by atoms with Crippen LogP contribution in [0.2, 0.25) is 0 Å². The molecule has 1 fully saturated rings. The van der Waals surface area contributed by atoms with Gasteiger partial charge in [-0.2, -0.15) is 0 Å². The molecular weight excluding hydrogens is 532 g/mol. The number of hydrogen-bond acceptors (Lipinski definition) is 5. The maximum Gasteiger partial charge on any atom is 0.408 e. The minimum absolute atomic E-state index is 0.108. The van der Waals surface area contributed by atoms with Gasteiger partial charge >= 0.3 is 6.09 Å². The topological polar surface area (TPSA) is 117 Å². The zero-order valence-electron chi connectivity index (χ0n) is 25.7. The fourth-order valence-corrected chi connectivity index (χ4v) is 4.93. The van der Waals surface area contributed by atoms with Gasteiger partial charge in [-0.1, -0.05) is 63.2 Å². The number of nitrogens with one attached hydrogen (secondary N) is 3. The van der Waals surface area contributed by atoms with E-state index in [1.165, 1.54) is 5.56 Å². The molecule has 2 atom stereocenters. The van der Waals surface area contributed by atoms with Crippen molar-refractivity contribution in [2.24, 2.45) is 11.8 Å². The molecule has 0 radical (unpaired) electrons. The number of amides is 4. The lowest BCUT2D eigenvalue weighted by atomic mass is 9.93. The summed E-state index contributed by atoms with van der Waals surface area (Å²) in [5.41, 5.74) is 2.09. The molecule has 0 saturated carbocycles. The molecule has 0 bridgehead atoms. The summed E-state index contributed by atoms with van der Waals surface area (Å²) < 4.78 is 5.41. The molecule has 9 nitrogen and oxygen atoms in total. The molecule has 9 heteroatoms. The standard InChI is InChI=1S/C33H46N4O5/c1-7-23-13-15-26(16-14-23)34-30(39)28(22(2)3)36-29(38)25-17-19-37(20-18-25)31(40)27(21-24-11-9-8-10-12-24)35-32(41)42-33(4,5)6/h8-16,22,25,27-28H,7,17-21H2,1-6H3,(H,34,39)(H,35,41)(H,36,38)/t27-,28-/m0/s1. The first-order valence-corrected chi connectivity index (χ1v) is 14.9. The summed E-state index contributed by atoms with van der Waals surface area (Å²) in [6.45, 7) is 11.9. The number of hydrogen-bond donors (Lipinski definition) is 3. The first-order valence-electron chi connectivity index (χ1n) is 14.9. The highest BCUT2D eigenvalue weighted by molar-refractivity contribution is 5.97. The maximum absolute atomic E-state index is 13.6. The average molecular weight is 579 g/mol. The molecule has 0 aliphatic carbocycles. The van der Waals surface area contributed by atoms with Crippen molar-refractivity contribution in [1.29, 1.82) is 0 Å². The lowest BCUT2D eigenvalue weighted by Gasteiger charge is -2.35. The minimum Gasteiger partial charge on any atom is -0.444 e. The normalized spacial score (nSPS) is 15.5. The number of rotatable bonds is 10. The van der Waals surface area contributed by atoms with Crippen LogP contribution in [0.25, 0.3) is 0 Å². The Morgan fingerprint density at radius 3 is 2.07 bits per heavy atom. The molecule has 4 amide bonds. The van der Waals surface area contributed by atoms with Crippen LogP contribution in [0.15, 0.2) is 54.6 Å². The van der Waals surface area contributed by atoms with Gasteiger partial charge in [0.15, 0.2) is 0 Å². The molecule has 228 valence electrons. The molecule has 42 heavy (non-hydrogen) atoms. The van der Waals surface area contributed by atoms with E-state index in [0.717, 1.165) is 12.0 Å². The number of anilines is 1. The van der Waals surface area contributed by atoms with Gasteiger partial charge in [-0.3, -0.25) is 14.4 Å². The van der Waals surface area contributed by atoms with Crippen LogP contribution in [-0.4, -0.2) is 59.5 Å². The van der Waals surface area contributed by atoms with Gasteiger partial charge in [0.25, 0.3) is 0 Å². The molecule has 2 aromatic rings. The number of nitrogens with zero attached hydrogens (tertiary/aromatic N) is 1. The predicted molar refractivity (Wildman–Crippen MR) is 164 cm³/mol. The Labute approximate surface area is 249 Å².